The molecule has 8 nitrogen and oxygen atoms in total. The first-order chi connectivity index (χ1) is 19.2. The first-order valence-electron chi connectivity index (χ1n) is 13.5. The Labute approximate surface area is 240 Å². The number of benzene rings is 2. The van der Waals surface area contributed by atoms with Crippen molar-refractivity contribution in [2.75, 3.05) is 7.11 Å². The van der Waals surface area contributed by atoms with Crippen molar-refractivity contribution in [1.29, 1.82) is 0 Å². The van der Waals surface area contributed by atoms with Crippen molar-refractivity contribution in [3.8, 4) is 11.5 Å². The Morgan fingerprint density at radius 3 is 2.52 bits per heavy atom. The second-order valence-electron chi connectivity index (χ2n) is 10.1. The molecule has 0 unspecified atom stereocenters. The molecule has 0 bridgehead atoms. The van der Waals surface area contributed by atoms with Gasteiger partial charge in [0.1, 0.15) is 6.61 Å². The molecule has 0 spiro atoms. The number of hydrogen-bond acceptors (Lipinski definition) is 8. The number of thioether (sulfide) groups is 1. The highest BCUT2D eigenvalue weighted by Gasteiger charge is 2.41. The average molecular weight is 564 g/mol. The molecule has 2 aliphatic rings. The number of fused-ring (bicyclic) bond motifs is 1. The summed E-state index contributed by atoms with van der Waals surface area (Å²) in [6.07, 6.45) is 0.698. The molecule has 1 N–H and O–H groups in total. The fraction of sp³-hybridized carbons (Fsp3) is 0.387. The van der Waals surface area contributed by atoms with E-state index in [0.29, 0.717) is 34.5 Å². The summed E-state index contributed by atoms with van der Waals surface area (Å²) in [6, 6.07) is 15.1. The number of aliphatic imine (C=N–C) groups is 1. The number of nitrogens with zero attached hydrogens (tertiary/aromatic N) is 2. The Hall–Kier alpha value is -3.72. The molecule has 0 fully saturated rings. The lowest BCUT2D eigenvalue weighted by Crippen LogP contribution is -2.39. The fourth-order valence-corrected chi connectivity index (χ4v) is 5.49. The molecule has 2 atom stereocenters. The second kappa shape index (κ2) is 13.1. The minimum absolute atomic E-state index is 0.0684. The smallest absolute Gasteiger partial charge is 0.338 e. The minimum atomic E-state index is -0.562. The van der Waals surface area contributed by atoms with Crippen molar-refractivity contribution >= 4 is 28.8 Å². The van der Waals surface area contributed by atoms with E-state index in [1.807, 2.05) is 93.5 Å². The monoisotopic (exact) mass is 563 g/mol. The minimum Gasteiger partial charge on any atom is -0.493 e. The molecule has 4 rings (SSSR count). The number of ether oxygens (including phenoxy) is 3. The van der Waals surface area contributed by atoms with Gasteiger partial charge in [0, 0.05) is 11.7 Å². The van der Waals surface area contributed by atoms with E-state index < -0.39 is 12.0 Å². The summed E-state index contributed by atoms with van der Waals surface area (Å²) in [5.41, 5.74) is 3.60. The van der Waals surface area contributed by atoms with Crippen LogP contribution in [0.15, 0.2) is 75.9 Å². The molecule has 0 saturated carbocycles. The van der Waals surface area contributed by atoms with E-state index in [0.717, 1.165) is 23.2 Å². The first kappa shape index (κ1) is 29.3. The molecule has 9 heteroatoms. The van der Waals surface area contributed by atoms with Crippen molar-refractivity contribution in [1.82, 2.24) is 10.2 Å². The number of methoxy groups -OCH3 is 1. The maximum absolute atomic E-state index is 13.4. The predicted octanol–water partition coefficient (Wildman–Crippen LogP) is 6.11. The molecule has 0 aromatic heterocycles. The average Bonchev–Trinajstić information content (AvgIpc) is 3.32. The standard InChI is InChI=1S/C31H37N3O5S/c1-7-20(4)32-27(35)16-24-18-40-31-33-21(5)28(30(36)39-19(2)3)29(34(24)31)23-13-14-25(26(15-23)37-6)38-17-22-11-9-8-10-12-22/h8-15,18-20,29H,7,16-17H2,1-6H3,(H,32,35)/t20-,29-/m0/s1. The molecule has 0 saturated heterocycles. The van der Waals surface area contributed by atoms with Crippen molar-refractivity contribution in [3.63, 3.8) is 0 Å². The molecule has 1 amide bonds. The zero-order valence-electron chi connectivity index (χ0n) is 23.9. The van der Waals surface area contributed by atoms with E-state index in [2.05, 4.69) is 5.32 Å². The Bertz CT molecular complexity index is 1340. The Kier molecular flexibility index (Phi) is 9.58. The van der Waals surface area contributed by atoms with E-state index in [1.165, 1.54) is 11.8 Å². The summed E-state index contributed by atoms with van der Waals surface area (Å²) in [5.74, 6) is 0.606. The van der Waals surface area contributed by atoms with Gasteiger partial charge in [-0.15, -0.1) is 0 Å². The first-order valence-corrected chi connectivity index (χ1v) is 14.4. The van der Waals surface area contributed by atoms with Crippen LogP contribution >= 0.6 is 11.8 Å². The number of amides is 1. The molecule has 2 aliphatic heterocycles. The fourth-order valence-electron chi connectivity index (χ4n) is 4.52. The van der Waals surface area contributed by atoms with Crippen LogP contribution in [0.25, 0.3) is 0 Å². The van der Waals surface area contributed by atoms with Crippen LogP contribution in [-0.4, -0.2) is 41.2 Å². The van der Waals surface area contributed by atoms with E-state index in [-0.39, 0.29) is 24.5 Å². The molecule has 40 heavy (non-hydrogen) atoms. The van der Waals surface area contributed by atoms with Gasteiger partial charge in [-0.2, -0.15) is 0 Å². The predicted molar refractivity (Wildman–Crippen MR) is 158 cm³/mol. The third-order valence-corrected chi connectivity index (χ3v) is 7.55. The highest BCUT2D eigenvalue weighted by Crippen LogP contribution is 2.46. The third kappa shape index (κ3) is 6.70. The normalized spacial score (nSPS) is 17.2. The maximum Gasteiger partial charge on any atom is 0.338 e. The van der Waals surface area contributed by atoms with Gasteiger partial charge in [-0.05, 0) is 62.8 Å². The zero-order chi connectivity index (χ0) is 28.8. The van der Waals surface area contributed by atoms with Crippen molar-refractivity contribution in [2.24, 2.45) is 4.99 Å². The Balaban J connectivity index is 1.70. The summed E-state index contributed by atoms with van der Waals surface area (Å²) >= 11 is 1.44. The van der Waals surface area contributed by atoms with E-state index in [9.17, 15) is 9.59 Å². The number of nitrogens with one attached hydrogen (secondary N) is 1. The van der Waals surface area contributed by atoms with E-state index >= 15 is 0 Å². The molecule has 2 heterocycles. The SMILES string of the molecule is CC[C@H](C)NC(=O)CC1=CSC2=NC(C)=C(C(=O)OC(C)C)[C@H](c3ccc(OCc4ccccc4)c(OC)c3)N12. The summed E-state index contributed by atoms with van der Waals surface area (Å²) in [6.45, 7) is 9.85. The van der Waals surface area contributed by atoms with Gasteiger partial charge in [0.2, 0.25) is 5.91 Å². The Morgan fingerprint density at radius 2 is 1.85 bits per heavy atom. The topological polar surface area (TPSA) is 89.5 Å². The number of carbonyl (C=O) groups excluding carboxylic acids is 2. The van der Waals surface area contributed by atoms with Crippen molar-refractivity contribution in [3.05, 3.63) is 82.0 Å². The van der Waals surface area contributed by atoms with Crippen LogP contribution in [-0.2, 0) is 20.9 Å². The number of carbonyl (C=O) groups is 2. The number of esters is 1. The quantitative estimate of drug-likeness (QED) is 0.330. The maximum atomic E-state index is 13.4. The molecular weight excluding hydrogens is 526 g/mol. The number of rotatable bonds is 11. The van der Waals surface area contributed by atoms with Crippen LogP contribution in [0.2, 0.25) is 0 Å². The van der Waals surface area contributed by atoms with Gasteiger partial charge in [0.25, 0.3) is 0 Å². The van der Waals surface area contributed by atoms with Crippen molar-refractivity contribution < 1.29 is 23.8 Å². The summed E-state index contributed by atoms with van der Waals surface area (Å²) in [7, 11) is 1.59. The zero-order valence-corrected chi connectivity index (χ0v) is 24.7. The molecule has 2 aromatic carbocycles. The van der Waals surface area contributed by atoms with Gasteiger partial charge in [-0.3, -0.25) is 4.79 Å². The lowest BCUT2D eigenvalue weighted by Gasteiger charge is -2.36. The molecule has 0 radical (unpaired) electrons. The van der Waals surface area contributed by atoms with Crippen LogP contribution in [0.4, 0.5) is 0 Å². The van der Waals surface area contributed by atoms with Gasteiger partial charge in [-0.1, -0.05) is 55.1 Å². The van der Waals surface area contributed by atoms with Crippen LogP contribution in [0, 0.1) is 0 Å². The summed E-state index contributed by atoms with van der Waals surface area (Å²) in [4.78, 5) is 33.0. The van der Waals surface area contributed by atoms with Gasteiger partial charge in [0.15, 0.2) is 16.7 Å². The van der Waals surface area contributed by atoms with Crippen LogP contribution < -0.4 is 14.8 Å². The largest absolute Gasteiger partial charge is 0.493 e. The van der Waals surface area contributed by atoms with Gasteiger partial charge < -0.3 is 24.4 Å². The molecule has 0 aliphatic carbocycles. The molecule has 2 aromatic rings. The molecule has 212 valence electrons. The highest BCUT2D eigenvalue weighted by atomic mass is 32.2. The van der Waals surface area contributed by atoms with E-state index in [1.54, 1.807) is 7.11 Å². The van der Waals surface area contributed by atoms with Crippen molar-refractivity contribution in [2.45, 2.75) is 72.3 Å². The van der Waals surface area contributed by atoms with Crippen LogP contribution in [0.1, 0.15) is 64.6 Å². The van der Waals surface area contributed by atoms with Crippen LogP contribution in [0.3, 0.4) is 0 Å². The lowest BCUT2D eigenvalue weighted by atomic mass is 9.93. The summed E-state index contributed by atoms with van der Waals surface area (Å²) in [5, 5.41) is 5.67. The Morgan fingerprint density at radius 1 is 1.10 bits per heavy atom. The molecular formula is C31H37N3O5S. The second-order valence-corrected chi connectivity index (χ2v) is 10.9. The van der Waals surface area contributed by atoms with Gasteiger partial charge >= 0.3 is 5.97 Å². The van der Waals surface area contributed by atoms with E-state index in [4.69, 9.17) is 19.2 Å². The highest BCUT2D eigenvalue weighted by molar-refractivity contribution is 8.16. The van der Waals surface area contributed by atoms with Gasteiger partial charge in [-0.25, -0.2) is 9.79 Å². The number of amidine groups is 1. The van der Waals surface area contributed by atoms with Gasteiger partial charge in [0.05, 0.1) is 36.9 Å². The lowest BCUT2D eigenvalue weighted by molar-refractivity contribution is -0.143. The summed E-state index contributed by atoms with van der Waals surface area (Å²) < 4.78 is 17.5. The number of allylic oxidation sites excluding steroid dienone is 1. The van der Waals surface area contributed by atoms with Crippen LogP contribution in [0.5, 0.6) is 11.5 Å². The third-order valence-electron chi connectivity index (χ3n) is 6.67. The number of hydrogen-bond donors (Lipinski definition) is 1.